The molecule has 2 unspecified atom stereocenters. The van der Waals surface area contributed by atoms with Crippen molar-refractivity contribution in [1.82, 2.24) is 10.6 Å². The number of carbonyl (C=O) groups is 1. The number of amides is 1. The van der Waals surface area contributed by atoms with Crippen molar-refractivity contribution in [2.75, 3.05) is 26.4 Å². The predicted octanol–water partition coefficient (Wildman–Crippen LogP) is 1.01. The van der Waals surface area contributed by atoms with Gasteiger partial charge in [-0.1, -0.05) is 0 Å². The smallest absolute Gasteiger partial charge is 0.239 e. The fourth-order valence-corrected chi connectivity index (χ4v) is 2.95. The normalized spacial score (nSPS) is 23.0. The fourth-order valence-electron chi connectivity index (χ4n) is 2.95. The average Bonchev–Trinajstić information content (AvgIpc) is 2.92. The first-order chi connectivity index (χ1) is 11.2. The van der Waals surface area contributed by atoms with Crippen LogP contribution in [0.15, 0.2) is 12.1 Å². The molecule has 0 radical (unpaired) electrons. The number of carbonyl (C=O) groups excluding carboxylic acids is 1. The summed E-state index contributed by atoms with van der Waals surface area (Å²) in [6.07, 6.45) is 1.08. The monoisotopic (exact) mass is 320 g/mol. The van der Waals surface area contributed by atoms with Crippen molar-refractivity contribution in [3.8, 4) is 11.5 Å². The van der Waals surface area contributed by atoms with Gasteiger partial charge in [0.15, 0.2) is 0 Å². The van der Waals surface area contributed by atoms with E-state index in [-0.39, 0.29) is 18.1 Å². The first kappa shape index (κ1) is 16.1. The van der Waals surface area contributed by atoms with Gasteiger partial charge in [0, 0.05) is 30.6 Å². The van der Waals surface area contributed by atoms with Gasteiger partial charge >= 0.3 is 0 Å². The van der Waals surface area contributed by atoms with Gasteiger partial charge < -0.3 is 24.8 Å². The number of nitrogens with one attached hydrogen (secondary N) is 2. The Hall–Kier alpha value is -1.79. The molecule has 1 aromatic rings. The lowest BCUT2D eigenvalue weighted by molar-refractivity contribution is -0.126. The minimum absolute atomic E-state index is 0.0538. The van der Waals surface area contributed by atoms with Crippen molar-refractivity contribution in [1.29, 1.82) is 0 Å². The molecule has 23 heavy (non-hydrogen) atoms. The molecule has 1 saturated heterocycles. The first-order valence-corrected chi connectivity index (χ1v) is 8.21. The Kier molecular flexibility index (Phi) is 5.03. The van der Waals surface area contributed by atoms with Crippen LogP contribution in [0.5, 0.6) is 11.5 Å². The van der Waals surface area contributed by atoms with Gasteiger partial charge in [-0.3, -0.25) is 4.79 Å². The fraction of sp³-hybridized carbons (Fsp3) is 0.588. The lowest BCUT2D eigenvalue weighted by Gasteiger charge is -2.23. The molecule has 126 valence electrons. The van der Waals surface area contributed by atoms with Gasteiger partial charge in [-0.25, -0.2) is 0 Å². The summed E-state index contributed by atoms with van der Waals surface area (Å²) in [5.74, 6) is 1.66. The zero-order valence-corrected chi connectivity index (χ0v) is 13.7. The van der Waals surface area contributed by atoms with E-state index in [9.17, 15) is 4.79 Å². The number of hydrogen-bond donors (Lipinski definition) is 2. The summed E-state index contributed by atoms with van der Waals surface area (Å²) in [4.78, 5) is 12.2. The minimum atomic E-state index is -0.287. The van der Waals surface area contributed by atoms with Crippen LogP contribution in [0.25, 0.3) is 0 Å². The van der Waals surface area contributed by atoms with Crippen molar-refractivity contribution < 1.29 is 19.0 Å². The maximum absolute atomic E-state index is 12.2. The number of rotatable bonds is 5. The zero-order chi connectivity index (χ0) is 16.2. The Morgan fingerprint density at radius 1 is 1.48 bits per heavy atom. The van der Waals surface area contributed by atoms with Crippen LogP contribution in [0, 0.1) is 0 Å². The number of hydrogen-bond acceptors (Lipinski definition) is 5. The van der Waals surface area contributed by atoms with Crippen LogP contribution in [0.1, 0.15) is 25.0 Å². The molecule has 3 rings (SSSR count). The van der Waals surface area contributed by atoms with Crippen LogP contribution in [0.4, 0.5) is 0 Å². The Balaban J connectivity index is 1.68. The quantitative estimate of drug-likeness (QED) is 0.847. The van der Waals surface area contributed by atoms with Crippen LogP contribution in [-0.2, 0) is 22.5 Å². The highest BCUT2D eigenvalue weighted by atomic mass is 16.5. The van der Waals surface area contributed by atoms with Crippen molar-refractivity contribution in [2.45, 2.75) is 39.0 Å². The highest BCUT2D eigenvalue weighted by Gasteiger charge is 2.24. The van der Waals surface area contributed by atoms with Crippen molar-refractivity contribution in [3.63, 3.8) is 0 Å². The molecule has 1 fully saturated rings. The number of benzene rings is 1. The third kappa shape index (κ3) is 3.76. The molecule has 2 heterocycles. The van der Waals surface area contributed by atoms with Gasteiger partial charge in [0.25, 0.3) is 0 Å². The topological polar surface area (TPSA) is 68.8 Å². The molecule has 0 bridgehead atoms. The van der Waals surface area contributed by atoms with Gasteiger partial charge in [-0.05, 0) is 26.0 Å². The van der Waals surface area contributed by atoms with Gasteiger partial charge in [0.2, 0.25) is 5.91 Å². The lowest BCUT2D eigenvalue weighted by atomic mass is 10.1. The zero-order valence-electron chi connectivity index (χ0n) is 13.7. The molecule has 6 nitrogen and oxygen atoms in total. The Morgan fingerprint density at radius 3 is 3.09 bits per heavy atom. The molecule has 2 atom stereocenters. The van der Waals surface area contributed by atoms with Gasteiger partial charge in [-0.2, -0.15) is 0 Å². The molecule has 1 aromatic carbocycles. The Labute approximate surface area is 136 Å². The van der Waals surface area contributed by atoms with E-state index in [1.807, 2.05) is 19.1 Å². The van der Waals surface area contributed by atoms with Crippen LogP contribution in [-0.4, -0.2) is 44.4 Å². The molecular weight excluding hydrogens is 296 g/mol. The second kappa shape index (κ2) is 7.19. The van der Waals surface area contributed by atoms with E-state index in [0.717, 1.165) is 23.5 Å². The molecule has 2 aliphatic heterocycles. The van der Waals surface area contributed by atoms with E-state index in [4.69, 9.17) is 14.2 Å². The summed E-state index contributed by atoms with van der Waals surface area (Å²) in [6, 6.07) is 3.73. The van der Waals surface area contributed by atoms with Crippen molar-refractivity contribution >= 4 is 5.91 Å². The van der Waals surface area contributed by atoms with Crippen LogP contribution < -0.4 is 20.1 Å². The molecular formula is C17H24N2O4. The Bertz CT molecular complexity index is 570. The first-order valence-electron chi connectivity index (χ1n) is 8.21. The molecule has 2 N–H and O–H groups in total. The summed E-state index contributed by atoms with van der Waals surface area (Å²) >= 11 is 0. The summed E-state index contributed by atoms with van der Waals surface area (Å²) < 4.78 is 16.9. The highest BCUT2D eigenvalue weighted by molar-refractivity contribution is 5.82. The van der Waals surface area contributed by atoms with Gasteiger partial charge in [-0.15, -0.1) is 0 Å². The molecule has 0 aliphatic carbocycles. The van der Waals surface area contributed by atoms with E-state index in [0.29, 0.717) is 32.9 Å². The standard InChI is InChI=1S/C17H24N2O4/c1-3-22-15-7-12-6-11(2)23-16(12)8-13(15)9-19-17(20)14-10-21-5-4-18-14/h7-8,11,14,18H,3-6,9-10H2,1-2H3,(H,19,20). The average molecular weight is 320 g/mol. The largest absolute Gasteiger partial charge is 0.494 e. The predicted molar refractivity (Wildman–Crippen MR) is 85.9 cm³/mol. The van der Waals surface area contributed by atoms with Gasteiger partial charge in [0.05, 0.1) is 19.8 Å². The maximum atomic E-state index is 12.2. The van der Waals surface area contributed by atoms with E-state index < -0.39 is 0 Å². The summed E-state index contributed by atoms with van der Waals surface area (Å²) in [6.45, 7) is 6.78. The summed E-state index contributed by atoms with van der Waals surface area (Å²) in [5, 5.41) is 6.10. The lowest BCUT2D eigenvalue weighted by Crippen LogP contribution is -2.51. The van der Waals surface area contributed by atoms with Crippen molar-refractivity contribution in [3.05, 3.63) is 23.3 Å². The van der Waals surface area contributed by atoms with Crippen molar-refractivity contribution in [2.24, 2.45) is 0 Å². The minimum Gasteiger partial charge on any atom is -0.494 e. The summed E-state index contributed by atoms with van der Waals surface area (Å²) in [5.41, 5.74) is 2.10. The number of ether oxygens (including phenoxy) is 3. The van der Waals surface area contributed by atoms with E-state index in [1.54, 1.807) is 0 Å². The second-order valence-corrected chi connectivity index (χ2v) is 5.93. The number of fused-ring (bicyclic) bond motifs is 1. The highest BCUT2D eigenvalue weighted by Crippen LogP contribution is 2.35. The third-order valence-electron chi connectivity index (χ3n) is 4.07. The van der Waals surface area contributed by atoms with E-state index in [2.05, 4.69) is 17.6 Å². The molecule has 0 aromatic heterocycles. The van der Waals surface area contributed by atoms with Crippen LogP contribution >= 0.6 is 0 Å². The molecule has 0 saturated carbocycles. The molecule has 6 heteroatoms. The second-order valence-electron chi connectivity index (χ2n) is 5.93. The SMILES string of the molecule is CCOc1cc2c(cc1CNC(=O)C1COCCN1)OC(C)C2. The number of morpholine rings is 1. The molecule has 1 amide bonds. The van der Waals surface area contributed by atoms with Crippen LogP contribution in [0.3, 0.4) is 0 Å². The van der Waals surface area contributed by atoms with Gasteiger partial charge in [0.1, 0.15) is 23.6 Å². The molecule has 0 spiro atoms. The maximum Gasteiger partial charge on any atom is 0.239 e. The third-order valence-corrected chi connectivity index (χ3v) is 4.07. The Morgan fingerprint density at radius 2 is 2.35 bits per heavy atom. The van der Waals surface area contributed by atoms with Crippen LogP contribution in [0.2, 0.25) is 0 Å². The van der Waals surface area contributed by atoms with E-state index in [1.165, 1.54) is 5.56 Å². The summed E-state index contributed by atoms with van der Waals surface area (Å²) in [7, 11) is 0. The van der Waals surface area contributed by atoms with E-state index >= 15 is 0 Å². The molecule has 2 aliphatic rings.